The first kappa shape index (κ1) is 70.2. The van der Waals surface area contributed by atoms with E-state index in [4.69, 9.17) is 58.7 Å². The number of rotatable bonds is 25. The van der Waals surface area contributed by atoms with Gasteiger partial charge in [0.15, 0.2) is 49.8 Å². The molecule has 0 aromatic heterocycles. The summed E-state index contributed by atoms with van der Waals surface area (Å²) in [6.07, 6.45) is -59.0. The van der Waals surface area contributed by atoms with Crippen LogP contribution in [0.4, 0.5) is 0 Å². The van der Waals surface area contributed by atoms with E-state index in [-0.39, 0.29) is 0 Å². The quantitative estimate of drug-likeness (QED) is 0.0377. The standard InChI is InChI=1S/C30H51N3O43S6/c31-7-16(73-79(51,52)53)14(4(1-34)64-26(7)44)68-30-20(76-82(60,61)62)12(38)18(22(72-30)24(40)41)69-27-8(32)17(74-80(54,55)56)15(5(2-35)65-27)67-29-13(39)19(75-81(57,58)59)21(23(71-29)25(42)43)70-28-9(33-77(45,46)47)11(37)10(36)6(66-28)3-63-78(48,49)50/h4-23,26-30,33-39,44H,1-3,31-32H2,(H,40,41)(H,42,43)(H,45,46,47)(H,48,49,50)(H,51,52,53)(H,54,55,56)(H,57,58,59)(H,60,61,62)/t4-,5-,6-,7-,8-,9-,10-,11-,12+,13-,14-,15-,16-,17-,18+,19-,20-,21+,22-,23+,26+,27-,28-,29-,30-/m1/s1. The van der Waals surface area contributed by atoms with Crippen molar-refractivity contribution in [2.24, 2.45) is 11.5 Å². The van der Waals surface area contributed by atoms with Crippen molar-refractivity contribution in [1.82, 2.24) is 4.72 Å². The van der Waals surface area contributed by atoms with E-state index in [1.165, 1.54) is 4.72 Å². The number of aliphatic carboxylic acids is 2. The minimum atomic E-state index is -6.05. The number of hydrogen-bond donors (Lipinski definition) is 18. The molecule has 5 fully saturated rings. The van der Waals surface area contributed by atoms with Gasteiger partial charge < -0.3 is 100 Å². The van der Waals surface area contributed by atoms with Crippen LogP contribution in [0, 0.1) is 0 Å². The number of aliphatic hydroxyl groups excluding tert-OH is 7. The van der Waals surface area contributed by atoms with Gasteiger partial charge in [-0.05, 0) is 0 Å². The van der Waals surface area contributed by atoms with E-state index < -0.39 is 247 Å². The number of nitrogens with one attached hydrogen (secondary N) is 1. The second kappa shape index (κ2) is 26.8. The largest absolute Gasteiger partial charge is 0.479 e. The third-order valence-electron chi connectivity index (χ3n) is 11.8. The van der Waals surface area contributed by atoms with E-state index in [9.17, 15) is 129 Å². The number of aliphatic hydroxyl groups is 7. The van der Waals surface area contributed by atoms with Gasteiger partial charge in [0.2, 0.25) is 0 Å². The number of nitrogens with two attached hydrogens (primary N) is 2. The molecule has 0 saturated carbocycles. The van der Waals surface area contributed by atoms with Crippen LogP contribution in [0.2, 0.25) is 0 Å². The number of carbonyl (C=O) groups is 2. The molecule has 0 amide bonds. The van der Waals surface area contributed by atoms with Crippen LogP contribution in [0.5, 0.6) is 0 Å². The topological polar surface area (TPSA) is 736 Å². The summed E-state index contributed by atoms with van der Waals surface area (Å²) < 4.78 is 271. The molecule has 5 saturated heterocycles. The highest BCUT2D eigenvalue weighted by Gasteiger charge is 2.61. The van der Waals surface area contributed by atoms with Gasteiger partial charge in [-0.15, -0.1) is 0 Å². The lowest BCUT2D eigenvalue weighted by atomic mass is 9.94. The molecule has 5 aliphatic heterocycles. The van der Waals surface area contributed by atoms with Crippen LogP contribution in [0.15, 0.2) is 0 Å². The summed E-state index contributed by atoms with van der Waals surface area (Å²) in [5, 5.41) is 95.5. The van der Waals surface area contributed by atoms with E-state index in [2.05, 4.69) is 20.9 Å². The summed E-state index contributed by atoms with van der Waals surface area (Å²) in [6.45, 7) is -4.40. The molecule has 25 atom stereocenters. The Balaban J connectivity index is 1.50. The monoisotopic (exact) mass is 1330 g/mol. The Bertz CT molecular complexity index is 2920. The van der Waals surface area contributed by atoms with Crippen LogP contribution in [0.3, 0.4) is 0 Å². The van der Waals surface area contributed by atoms with Gasteiger partial charge in [-0.1, -0.05) is 0 Å². The van der Waals surface area contributed by atoms with Crippen molar-refractivity contribution in [3.8, 4) is 0 Å². The molecule has 52 heteroatoms. The van der Waals surface area contributed by atoms with Crippen molar-refractivity contribution in [2.75, 3.05) is 19.8 Å². The maximum atomic E-state index is 12.8. The molecule has 480 valence electrons. The summed E-state index contributed by atoms with van der Waals surface area (Å²) in [6, 6.07) is -7.25. The van der Waals surface area contributed by atoms with Crippen molar-refractivity contribution in [3.05, 3.63) is 0 Å². The van der Waals surface area contributed by atoms with Gasteiger partial charge in [0.05, 0.1) is 31.9 Å². The molecular weight excluding hydrogens is 1280 g/mol. The minimum absolute atomic E-state index is 1.26. The lowest BCUT2D eigenvalue weighted by Gasteiger charge is -2.50. The maximum absolute atomic E-state index is 12.8. The van der Waals surface area contributed by atoms with Crippen LogP contribution in [-0.2, 0) is 135 Å². The van der Waals surface area contributed by atoms with Crippen LogP contribution in [0.1, 0.15) is 0 Å². The summed E-state index contributed by atoms with van der Waals surface area (Å²) in [7, 11) is -34.6. The van der Waals surface area contributed by atoms with Crippen LogP contribution in [-0.4, -0.2) is 309 Å². The smallest absolute Gasteiger partial charge is 0.397 e. The number of carboxylic acids is 2. The molecule has 5 heterocycles. The first-order valence-electron chi connectivity index (χ1n) is 21.8. The Morgan fingerprint density at radius 3 is 1.32 bits per heavy atom. The Hall–Kier alpha value is -2.56. The van der Waals surface area contributed by atoms with E-state index in [1.54, 1.807) is 0 Å². The van der Waals surface area contributed by atoms with Gasteiger partial charge in [0.1, 0.15) is 91.5 Å². The lowest BCUT2D eigenvalue weighted by molar-refractivity contribution is -0.371. The van der Waals surface area contributed by atoms with E-state index in [0.29, 0.717) is 0 Å². The molecule has 46 nitrogen and oxygen atoms in total. The van der Waals surface area contributed by atoms with E-state index in [0.717, 1.165) is 0 Å². The molecule has 0 unspecified atom stereocenters. The first-order valence-corrected chi connectivity index (χ1v) is 30.1. The maximum Gasteiger partial charge on any atom is 0.397 e. The zero-order valence-corrected chi connectivity index (χ0v) is 44.7. The average molecular weight is 1330 g/mol. The highest BCUT2D eigenvalue weighted by Crippen LogP contribution is 2.38. The number of ether oxygens (including phenoxy) is 9. The third kappa shape index (κ3) is 18.5. The Morgan fingerprint density at radius 2 is 0.841 bits per heavy atom. The van der Waals surface area contributed by atoms with Crippen LogP contribution >= 0.6 is 0 Å². The van der Waals surface area contributed by atoms with E-state index in [1.807, 2.05) is 0 Å². The zero-order chi connectivity index (χ0) is 62.3. The molecular formula is C30H51N3O43S6. The lowest BCUT2D eigenvalue weighted by Crippen LogP contribution is -2.71. The van der Waals surface area contributed by atoms with Gasteiger partial charge >= 0.3 is 74.2 Å². The fourth-order valence-corrected chi connectivity index (χ4v) is 11.4. The Labute approximate surface area is 459 Å². The predicted molar refractivity (Wildman–Crippen MR) is 236 cm³/mol. The Kier molecular flexibility index (Phi) is 23.0. The minimum Gasteiger partial charge on any atom is -0.479 e. The summed E-state index contributed by atoms with van der Waals surface area (Å²) in [5.74, 6) is -4.65. The SMILES string of the molecule is N[C@@H]1[C@@H](OS(=O)(=O)O)[C@H](O[C@@H]2O[C@@H](C(=O)O)[C@@H](O[C@H]3O[C@H](CO)[C@@H](O[C@@H]4O[C@H](C(=O)O)[C@@H](O[C@H]5O[C@H](COS(=O)(=O)O)[C@@H](O)[C@H](O)[C@H]5NS(=O)(=O)O)[C@H](OS(=O)(=O)O)[C@H]4O)[C@H](OS(=O)(=O)O)[C@H]3N)[C@H](O)[C@H]2OS(=O)(=O)O)[C@@H](CO)O[C@@H]1O. The predicted octanol–water partition coefficient (Wildman–Crippen LogP) is -13.3. The second-order valence-electron chi connectivity index (χ2n) is 17.3. The molecule has 0 radical (unpaired) electrons. The van der Waals surface area contributed by atoms with Gasteiger partial charge in [0, 0.05) is 0 Å². The molecule has 0 aliphatic carbocycles. The summed E-state index contributed by atoms with van der Waals surface area (Å²) in [4.78, 5) is 25.6. The molecule has 0 spiro atoms. The highest BCUT2D eigenvalue weighted by molar-refractivity contribution is 7.83. The zero-order valence-electron chi connectivity index (χ0n) is 39.8. The summed E-state index contributed by atoms with van der Waals surface area (Å²) >= 11 is 0. The molecule has 20 N–H and O–H groups in total. The van der Waals surface area contributed by atoms with E-state index >= 15 is 0 Å². The number of hydrogen-bond acceptors (Lipinski definition) is 37. The first-order chi connectivity index (χ1) is 37.3. The molecule has 5 rings (SSSR count). The highest BCUT2D eigenvalue weighted by atomic mass is 32.3. The van der Waals surface area contributed by atoms with Crippen molar-refractivity contribution in [2.45, 2.75) is 153 Å². The van der Waals surface area contributed by atoms with Crippen molar-refractivity contribution >= 4 is 74.2 Å². The summed E-state index contributed by atoms with van der Waals surface area (Å²) in [5.41, 5.74) is 11.9. The third-order valence-corrected chi connectivity index (χ3v) is 14.6. The molecule has 0 aromatic carbocycles. The molecule has 0 aromatic rings. The van der Waals surface area contributed by atoms with Crippen molar-refractivity contribution in [3.63, 3.8) is 0 Å². The normalized spacial score (nSPS) is 41.2. The van der Waals surface area contributed by atoms with Crippen molar-refractivity contribution in [1.29, 1.82) is 0 Å². The van der Waals surface area contributed by atoms with Gasteiger partial charge in [0.25, 0.3) is 0 Å². The van der Waals surface area contributed by atoms with Crippen LogP contribution in [0.25, 0.3) is 0 Å². The van der Waals surface area contributed by atoms with Gasteiger partial charge in [-0.2, -0.15) is 55.2 Å². The fourth-order valence-electron chi connectivity index (χ4n) is 8.45. The van der Waals surface area contributed by atoms with Gasteiger partial charge in [-0.3, -0.25) is 27.3 Å². The fraction of sp³-hybridized carbons (Fsp3) is 0.933. The molecule has 5 aliphatic rings. The Morgan fingerprint density at radius 1 is 0.427 bits per heavy atom. The van der Waals surface area contributed by atoms with Gasteiger partial charge in [-0.25, -0.2) is 30.5 Å². The second-order valence-corrected chi connectivity index (χ2v) is 23.8. The van der Waals surface area contributed by atoms with Crippen LogP contribution < -0.4 is 16.2 Å². The van der Waals surface area contributed by atoms with Crippen molar-refractivity contribution < 1.29 is 197 Å². The average Bonchev–Trinajstić information content (AvgIpc) is 3.07. The molecule has 0 bridgehead atoms. The number of carboxylic acid groups (broad SMARTS) is 2. The molecule has 82 heavy (non-hydrogen) atoms.